The van der Waals surface area contributed by atoms with Gasteiger partial charge >= 0.3 is 0 Å². The van der Waals surface area contributed by atoms with Gasteiger partial charge in [-0.25, -0.2) is 0 Å². The van der Waals surface area contributed by atoms with Gasteiger partial charge in [-0.05, 0) is 100 Å². The van der Waals surface area contributed by atoms with Crippen LogP contribution in [0.5, 0.6) is 0 Å². The summed E-state index contributed by atoms with van der Waals surface area (Å²) in [4.78, 5) is 27.5. The minimum atomic E-state index is -1.07. The summed E-state index contributed by atoms with van der Waals surface area (Å²) in [5.41, 5.74) is -1.07. The van der Waals surface area contributed by atoms with Crippen molar-refractivity contribution < 1.29 is 14.7 Å². The second-order valence-electron chi connectivity index (χ2n) is 11.9. The number of Topliss-reactive ketones (excluding diaryl/α,β-unsaturated/α-hetero) is 1. The highest BCUT2D eigenvalue weighted by Crippen LogP contribution is 2.47. The first kappa shape index (κ1) is 21.9. The number of piperidine rings is 1. The summed E-state index contributed by atoms with van der Waals surface area (Å²) in [7, 11) is 0. The predicted molar refractivity (Wildman–Crippen MR) is 120 cm³/mol. The first-order valence-corrected chi connectivity index (χ1v) is 13.1. The topological polar surface area (TPSA) is 69.6 Å². The van der Waals surface area contributed by atoms with E-state index in [2.05, 4.69) is 19.2 Å². The Morgan fingerprint density at radius 3 is 2.26 bits per heavy atom. The van der Waals surface area contributed by atoms with E-state index in [1.807, 2.05) is 0 Å². The number of likely N-dealkylation sites (tertiary alicyclic amines) is 1. The van der Waals surface area contributed by atoms with Crippen LogP contribution in [0, 0.1) is 41.4 Å². The Balaban J connectivity index is 1.12. The maximum Gasteiger partial charge on any atom is 0.254 e. The van der Waals surface area contributed by atoms with Crippen LogP contribution in [-0.4, -0.2) is 53.0 Å². The molecule has 31 heavy (non-hydrogen) atoms. The Bertz CT molecular complexity index is 697. The zero-order valence-electron chi connectivity index (χ0n) is 19.5. The highest BCUT2D eigenvalue weighted by molar-refractivity contribution is 5.88. The van der Waals surface area contributed by atoms with Crippen molar-refractivity contribution in [3.8, 4) is 0 Å². The molecule has 0 aromatic heterocycles. The van der Waals surface area contributed by atoms with Gasteiger partial charge in [-0.15, -0.1) is 0 Å². The van der Waals surface area contributed by atoms with Gasteiger partial charge in [0, 0.05) is 31.0 Å². The molecular formula is C26H42N2O3. The van der Waals surface area contributed by atoms with Crippen LogP contribution in [-0.2, 0) is 9.59 Å². The second-order valence-corrected chi connectivity index (χ2v) is 11.9. The van der Waals surface area contributed by atoms with Crippen LogP contribution >= 0.6 is 0 Å². The van der Waals surface area contributed by atoms with Gasteiger partial charge in [-0.2, -0.15) is 0 Å². The summed E-state index contributed by atoms with van der Waals surface area (Å²) in [5, 5.41) is 13.8. The molecule has 5 rings (SSSR count). The van der Waals surface area contributed by atoms with Crippen molar-refractivity contribution in [1.82, 2.24) is 10.2 Å². The van der Waals surface area contributed by atoms with Crippen LogP contribution < -0.4 is 5.32 Å². The number of amides is 1. The van der Waals surface area contributed by atoms with Crippen LogP contribution in [0.15, 0.2) is 0 Å². The van der Waals surface area contributed by atoms with Crippen molar-refractivity contribution in [2.75, 3.05) is 19.6 Å². The van der Waals surface area contributed by atoms with Crippen molar-refractivity contribution in [2.24, 2.45) is 41.4 Å². The lowest BCUT2D eigenvalue weighted by molar-refractivity contribution is -0.145. The normalized spacial score (nSPS) is 42.8. The van der Waals surface area contributed by atoms with Crippen molar-refractivity contribution in [3.05, 3.63) is 0 Å². The minimum absolute atomic E-state index is 0.103. The standard InChI is InChI=1S/C26H42N2O3/c1-16-13-19(21-14-17(2)23-20(15-21)5-10-27-23)3-4-22(16)24(29)18-6-11-28(12-7-18)25(30)26(31)8-9-26/h16-23,27,31H,3-15H2,1-2H3. The van der Waals surface area contributed by atoms with E-state index in [9.17, 15) is 14.7 Å². The van der Waals surface area contributed by atoms with E-state index in [0.717, 1.165) is 49.0 Å². The fourth-order valence-corrected chi connectivity index (χ4v) is 7.79. The molecule has 2 aliphatic heterocycles. The number of nitrogens with zero attached hydrogens (tertiary/aromatic N) is 1. The summed E-state index contributed by atoms with van der Waals surface area (Å²) >= 11 is 0. The third-order valence-corrected chi connectivity index (χ3v) is 9.84. The number of nitrogens with one attached hydrogen (secondary N) is 1. The largest absolute Gasteiger partial charge is 0.380 e. The molecule has 7 unspecified atom stereocenters. The molecule has 0 radical (unpaired) electrons. The molecule has 2 N–H and O–H groups in total. The van der Waals surface area contributed by atoms with E-state index >= 15 is 0 Å². The number of carbonyl (C=O) groups is 2. The summed E-state index contributed by atoms with van der Waals surface area (Å²) in [6.45, 7) is 7.24. The SMILES string of the molecule is CC1CC(C2CC(C)C3NCCC3C2)CCC1C(=O)C1CCN(C(=O)C2(O)CC2)CC1. The maximum atomic E-state index is 13.4. The Morgan fingerprint density at radius 1 is 0.871 bits per heavy atom. The Labute approximate surface area is 187 Å². The van der Waals surface area contributed by atoms with Crippen LogP contribution in [0.3, 0.4) is 0 Å². The molecule has 2 heterocycles. The lowest BCUT2D eigenvalue weighted by Gasteiger charge is -2.44. The number of hydrogen-bond acceptors (Lipinski definition) is 4. The van der Waals surface area contributed by atoms with Crippen molar-refractivity contribution >= 4 is 11.7 Å². The van der Waals surface area contributed by atoms with Gasteiger partial charge in [-0.1, -0.05) is 13.8 Å². The smallest absolute Gasteiger partial charge is 0.254 e. The van der Waals surface area contributed by atoms with E-state index in [-0.39, 0.29) is 17.7 Å². The Hall–Kier alpha value is -0.940. The van der Waals surface area contributed by atoms with Crippen LogP contribution in [0.1, 0.15) is 78.1 Å². The van der Waals surface area contributed by atoms with Gasteiger partial charge in [0.05, 0.1) is 0 Å². The molecule has 5 nitrogen and oxygen atoms in total. The lowest BCUT2D eigenvalue weighted by atomic mass is 9.62. The van der Waals surface area contributed by atoms with Gasteiger partial charge in [0.25, 0.3) is 5.91 Å². The highest BCUT2D eigenvalue weighted by Gasteiger charge is 2.51. The van der Waals surface area contributed by atoms with Crippen LogP contribution in [0.2, 0.25) is 0 Å². The quantitative estimate of drug-likeness (QED) is 0.717. The molecule has 3 aliphatic carbocycles. The highest BCUT2D eigenvalue weighted by atomic mass is 16.3. The van der Waals surface area contributed by atoms with Crippen LogP contribution in [0.25, 0.3) is 0 Å². The molecule has 7 atom stereocenters. The van der Waals surface area contributed by atoms with Crippen molar-refractivity contribution in [3.63, 3.8) is 0 Å². The first-order valence-electron chi connectivity index (χ1n) is 13.1. The number of rotatable bonds is 4. The number of fused-ring (bicyclic) bond motifs is 1. The second kappa shape index (κ2) is 8.44. The third-order valence-electron chi connectivity index (χ3n) is 9.84. The van der Waals surface area contributed by atoms with E-state index in [0.29, 0.717) is 37.6 Å². The molecule has 0 bridgehead atoms. The summed E-state index contributed by atoms with van der Waals surface area (Å²) < 4.78 is 0. The molecule has 3 saturated carbocycles. The van der Waals surface area contributed by atoms with Gasteiger partial charge in [-0.3, -0.25) is 9.59 Å². The number of ketones is 1. The molecular weight excluding hydrogens is 388 g/mol. The molecule has 0 aromatic carbocycles. The average molecular weight is 431 g/mol. The molecule has 2 saturated heterocycles. The average Bonchev–Trinajstić information content (AvgIpc) is 3.33. The fraction of sp³-hybridized carbons (Fsp3) is 0.923. The summed E-state index contributed by atoms with van der Waals surface area (Å²) in [6, 6.07) is 0.755. The van der Waals surface area contributed by atoms with E-state index in [1.165, 1.54) is 38.6 Å². The zero-order valence-corrected chi connectivity index (χ0v) is 19.5. The van der Waals surface area contributed by atoms with Gasteiger partial charge in [0.2, 0.25) is 0 Å². The number of aliphatic hydroxyl groups is 1. The summed E-state index contributed by atoms with van der Waals surface area (Å²) in [6.07, 6.45) is 10.4. The molecule has 5 aliphatic rings. The zero-order chi connectivity index (χ0) is 21.8. The number of hydrogen-bond donors (Lipinski definition) is 2. The molecule has 174 valence electrons. The lowest BCUT2D eigenvalue weighted by Crippen LogP contribution is -2.47. The van der Waals surface area contributed by atoms with Gasteiger partial charge in [0.15, 0.2) is 0 Å². The molecule has 1 amide bonds. The van der Waals surface area contributed by atoms with Crippen molar-refractivity contribution in [2.45, 2.75) is 89.7 Å². The summed E-state index contributed by atoms with van der Waals surface area (Å²) in [5.74, 6) is 4.54. The minimum Gasteiger partial charge on any atom is -0.380 e. The van der Waals surface area contributed by atoms with E-state index in [4.69, 9.17) is 0 Å². The van der Waals surface area contributed by atoms with E-state index in [1.54, 1.807) is 4.90 Å². The maximum absolute atomic E-state index is 13.4. The van der Waals surface area contributed by atoms with E-state index < -0.39 is 5.60 Å². The fourth-order valence-electron chi connectivity index (χ4n) is 7.79. The molecule has 5 heteroatoms. The van der Waals surface area contributed by atoms with Gasteiger partial charge in [0.1, 0.15) is 11.4 Å². The predicted octanol–water partition coefficient (Wildman–Crippen LogP) is 3.40. The molecule has 5 fully saturated rings. The Morgan fingerprint density at radius 2 is 1.58 bits per heavy atom. The first-order chi connectivity index (χ1) is 14.9. The Kier molecular flexibility index (Phi) is 5.96. The van der Waals surface area contributed by atoms with Crippen LogP contribution in [0.4, 0.5) is 0 Å². The number of carbonyl (C=O) groups excluding carboxylic acids is 2. The monoisotopic (exact) mass is 430 g/mol. The molecule has 0 spiro atoms. The molecule has 0 aromatic rings. The third kappa shape index (κ3) is 4.21. The van der Waals surface area contributed by atoms with Crippen molar-refractivity contribution in [1.29, 1.82) is 0 Å². The van der Waals surface area contributed by atoms with Gasteiger partial charge < -0.3 is 15.3 Å².